The van der Waals surface area contributed by atoms with Crippen molar-refractivity contribution >= 4 is 17.4 Å². The lowest BCUT2D eigenvalue weighted by Crippen LogP contribution is -2.21. The summed E-state index contributed by atoms with van der Waals surface area (Å²) in [5.41, 5.74) is 3.45. The molecule has 0 saturated heterocycles. The molecule has 3 rings (SSSR count). The number of amidine groups is 1. The van der Waals surface area contributed by atoms with Crippen LogP contribution in [0.25, 0.3) is 0 Å². The van der Waals surface area contributed by atoms with Crippen LogP contribution in [0.3, 0.4) is 0 Å². The highest BCUT2D eigenvalue weighted by molar-refractivity contribution is 6.23. The maximum Gasteiger partial charge on any atom is 0.257 e. The van der Waals surface area contributed by atoms with E-state index in [0.29, 0.717) is 11.4 Å². The predicted octanol–water partition coefficient (Wildman–Crippen LogP) is 3.08. The van der Waals surface area contributed by atoms with Crippen LogP contribution in [0, 0.1) is 0 Å². The fourth-order valence-electron chi connectivity index (χ4n) is 2.42. The number of benzene rings is 2. The molecule has 2 aromatic rings. The Morgan fingerprint density at radius 2 is 1.90 bits per heavy atom. The van der Waals surface area contributed by atoms with Crippen LogP contribution in [-0.2, 0) is 6.42 Å². The normalized spacial score (nSPS) is 15.0. The van der Waals surface area contributed by atoms with E-state index in [1.54, 1.807) is 7.11 Å². The van der Waals surface area contributed by atoms with E-state index in [0.717, 1.165) is 29.0 Å². The quantitative estimate of drug-likeness (QED) is 0.939. The van der Waals surface area contributed by atoms with E-state index in [-0.39, 0.29) is 5.91 Å². The second-order valence-corrected chi connectivity index (χ2v) is 4.81. The van der Waals surface area contributed by atoms with Crippen molar-refractivity contribution in [3.8, 4) is 5.75 Å². The second-order valence-electron chi connectivity index (χ2n) is 4.81. The van der Waals surface area contributed by atoms with Crippen LogP contribution in [0.1, 0.15) is 28.4 Å². The van der Waals surface area contributed by atoms with Crippen molar-refractivity contribution in [1.29, 1.82) is 0 Å². The van der Waals surface area contributed by atoms with E-state index >= 15 is 0 Å². The van der Waals surface area contributed by atoms with Crippen LogP contribution in [0.4, 0.5) is 5.69 Å². The number of nitrogens with zero attached hydrogens (tertiary/aromatic N) is 1. The van der Waals surface area contributed by atoms with Crippen LogP contribution in [0.15, 0.2) is 47.5 Å². The van der Waals surface area contributed by atoms with Gasteiger partial charge in [-0.2, -0.15) is 0 Å². The molecule has 0 fully saturated rings. The molecule has 0 saturated carbocycles. The van der Waals surface area contributed by atoms with Gasteiger partial charge in [-0.3, -0.25) is 4.79 Å². The average molecular weight is 280 g/mol. The largest absolute Gasteiger partial charge is 0.497 e. The Kier molecular flexibility index (Phi) is 3.44. The lowest BCUT2D eigenvalue weighted by Gasteiger charge is -2.07. The molecular formula is C17H16N2O2. The third kappa shape index (κ3) is 2.40. The first-order valence-electron chi connectivity index (χ1n) is 6.89. The Labute approximate surface area is 123 Å². The van der Waals surface area contributed by atoms with Crippen molar-refractivity contribution in [2.45, 2.75) is 13.3 Å². The van der Waals surface area contributed by atoms with Gasteiger partial charge in [0.25, 0.3) is 5.91 Å². The molecule has 0 unspecified atom stereocenters. The monoisotopic (exact) mass is 280 g/mol. The molecule has 1 N–H and O–H groups in total. The van der Waals surface area contributed by atoms with E-state index in [9.17, 15) is 4.79 Å². The number of carbonyl (C=O) groups excluding carboxylic acids is 1. The highest BCUT2D eigenvalue weighted by Crippen LogP contribution is 2.27. The minimum Gasteiger partial charge on any atom is -0.497 e. The Hall–Kier alpha value is -2.62. The summed E-state index contributed by atoms with van der Waals surface area (Å²) < 4.78 is 5.24. The first-order chi connectivity index (χ1) is 10.2. The van der Waals surface area contributed by atoms with Crippen LogP contribution < -0.4 is 10.1 Å². The molecule has 1 amide bonds. The third-order valence-corrected chi connectivity index (χ3v) is 3.56. The van der Waals surface area contributed by atoms with Crippen molar-refractivity contribution in [3.63, 3.8) is 0 Å². The van der Waals surface area contributed by atoms with Gasteiger partial charge in [0.2, 0.25) is 0 Å². The molecule has 4 nitrogen and oxygen atoms in total. The summed E-state index contributed by atoms with van der Waals surface area (Å²) in [4.78, 5) is 16.5. The number of hydrogen-bond donors (Lipinski definition) is 1. The zero-order valence-corrected chi connectivity index (χ0v) is 12.0. The summed E-state index contributed by atoms with van der Waals surface area (Å²) in [5.74, 6) is 1.32. The second kappa shape index (κ2) is 5.40. The van der Waals surface area contributed by atoms with E-state index in [1.807, 2.05) is 42.5 Å². The summed E-state index contributed by atoms with van der Waals surface area (Å²) in [6, 6.07) is 13.2. The van der Waals surface area contributed by atoms with Gasteiger partial charge in [0.05, 0.1) is 18.4 Å². The summed E-state index contributed by atoms with van der Waals surface area (Å²) in [6.07, 6.45) is 0.846. The number of aliphatic imine (C=N–C) groups is 1. The van der Waals surface area contributed by atoms with Gasteiger partial charge in [0.1, 0.15) is 11.6 Å². The topological polar surface area (TPSA) is 50.7 Å². The Balaban J connectivity index is 2.06. The molecule has 0 atom stereocenters. The number of fused-ring (bicyclic) bond motifs is 1. The predicted molar refractivity (Wildman–Crippen MR) is 82.5 cm³/mol. The molecule has 0 aliphatic carbocycles. The summed E-state index contributed by atoms with van der Waals surface area (Å²) in [5, 5.41) is 2.83. The van der Waals surface area contributed by atoms with Crippen molar-refractivity contribution in [3.05, 3.63) is 59.2 Å². The number of methoxy groups -OCH3 is 1. The maximum absolute atomic E-state index is 11.9. The first kappa shape index (κ1) is 13.4. The molecule has 1 heterocycles. The van der Waals surface area contributed by atoms with Crippen molar-refractivity contribution < 1.29 is 9.53 Å². The highest BCUT2D eigenvalue weighted by atomic mass is 16.5. The Bertz CT molecular complexity index is 735. The van der Waals surface area contributed by atoms with E-state index in [2.05, 4.69) is 17.2 Å². The van der Waals surface area contributed by atoms with Gasteiger partial charge in [0.15, 0.2) is 0 Å². The van der Waals surface area contributed by atoms with Gasteiger partial charge in [0, 0.05) is 5.56 Å². The molecule has 106 valence electrons. The molecule has 1 aliphatic heterocycles. The summed E-state index contributed by atoms with van der Waals surface area (Å²) >= 11 is 0. The number of aryl methyl sites for hydroxylation is 1. The van der Waals surface area contributed by atoms with Gasteiger partial charge in [-0.1, -0.05) is 25.1 Å². The minimum absolute atomic E-state index is 0.101. The zero-order valence-electron chi connectivity index (χ0n) is 12.0. The molecule has 21 heavy (non-hydrogen) atoms. The van der Waals surface area contributed by atoms with Crippen molar-refractivity contribution in [1.82, 2.24) is 5.32 Å². The molecular weight excluding hydrogens is 264 g/mol. The van der Waals surface area contributed by atoms with Gasteiger partial charge in [-0.25, -0.2) is 4.99 Å². The number of nitrogens with one attached hydrogen (secondary N) is 1. The smallest absolute Gasteiger partial charge is 0.257 e. The minimum atomic E-state index is -0.101. The summed E-state index contributed by atoms with van der Waals surface area (Å²) in [7, 11) is 1.65. The number of carbonyl (C=O) groups is 1. The fourth-order valence-corrected chi connectivity index (χ4v) is 2.42. The first-order valence-corrected chi connectivity index (χ1v) is 6.89. The van der Waals surface area contributed by atoms with Crippen LogP contribution in [0.5, 0.6) is 5.75 Å². The fraction of sp³-hybridized carbons (Fsp3) is 0.176. The highest BCUT2D eigenvalue weighted by Gasteiger charge is 2.24. The van der Waals surface area contributed by atoms with E-state index < -0.39 is 0 Å². The molecule has 0 spiro atoms. The van der Waals surface area contributed by atoms with Crippen LogP contribution in [-0.4, -0.2) is 18.9 Å². The molecule has 1 aliphatic rings. The van der Waals surface area contributed by atoms with E-state index in [1.165, 1.54) is 0 Å². The number of rotatable bonds is 3. The zero-order chi connectivity index (χ0) is 14.8. The Morgan fingerprint density at radius 1 is 1.14 bits per heavy atom. The summed E-state index contributed by atoms with van der Waals surface area (Å²) in [6.45, 7) is 2.07. The molecule has 0 radical (unpaired) electrons. The molecule has 0 aromatic heterocycles. The molecule has 0 bridgehead atoms. The van der Waals surface area contributed by atoms with Gasteiger partial charge < -0.3 is 10.1 Å². The number of hydrogen-bond acceptors (Lipinski definition) is 3. The van der Waals surface area contributed by atoms with Crippen LogP contribution in [0.2, 0.25) is 0 Å². The Morgan fingerprint density at radius 3 is 2.62 bits per heavy atom. The SMILES string of the molecule is CCc1cc(OC)ccc1N=C1NC(=O)c2ccccc21. The molecule has 2 aromatic carbocycles. The van der Waals surface area contributed by atoms with Crippen molar-refractivity contribution in [2.75, 3.05) is 7.11 Å². The number of ether oxygens (including phenoxy) is 1. The van der Waals surface area contributed by atoms with E-state index in [4.69, 9.17) is 4.74 Å². The standard InChI is InChI=1S/C17H16N2O2/c1-3-11-10-12(21-2)8-9-15(11)18-16-13-6-4-5-7-14(13)17(20)19-16/h4-10H,3H2,1-2H3,(H,18,19,20). The number of amides is 1. The van der Waals surface area contributed by atoms with Gasteiger partial charge >= 0.3 is 0 Å². The lowest BCUT2D eigenvalue weighted by molar-refractivity contribution is 0.0983. The molecule has 4 heteroatoms. The van der Waals surface area contributed by atoms with Crippen LogP contribution >= 0.6 is 0 Å². The van der Waals surface area contributed by atoms with Gasteiger partial charge in [-0.05, 0) is 36.2 Å². The van der Waals surface area contributed by atoms with Crippen molar-refractivity contribution in [2.24, 2.45) is 4.99 Å². The third-order valence-electron chi connectivity index (χ3n) is 3.56. The lowest BCUT2D eigenvalue weighted by atomic mass is 10.1. The average Bonchev–Trinajstić information content (AvgIpc) is 2.84. The maximum atomic E-state index is 11.9. The van der Waals surface area contributed by atoms with Gasteiger partial charge in [-0.15, -0.1) is 0 Å².